The van der Waals surface area contributed by atoms with Gasteiger partial charge in [0.05, 0.1) is 24.7 Å². The number of rotatable bonds is 5. The summed E-state index contributed by atoms with van der Waals surface area (Å²) in [5, 5.41) is 0. The topological polar surface area (TPSA) is 63.7 Å². The smallest absolute Gasteiger partial charge is 0.320 e. The Balaban J connectivity index is 2.20. The molecule has 0 saturated carbocycles. The Hall–Kier alpha value is -0.620. The van der Waals surface area contributed by atoms with Crippen molar-refractivity contribution < 1.29 is 17.9 Å². The Kier molecular flexibility index (Phi) is 5.21. The summed E-state index contributed by atoms with van der Waals surface area (Å²) in [4.78, 5) is 13.2. The van der Waals surface area contributed by atoms with Crippen LogP contribution in [0.3, 0.4) is 0 Å². The third-order valence-corrected chi connectivity index (χ3v) is 4.16. The second-order valence-electron chi connectivity index (χ2n) is 4.00. The molecule has 0 aromatic heterocycles. The Morgan fingerprint density at radius 1 is 1.31 bits per heavy atom. The molecule has 0 N–H and O–H groups in total. The Bertz CT molecular complexity index is 312. The first-order valence-corrected chi connectivity index (χ1v) is 7.44. The van der Waals surface area contributed by atoms with E-state index in [1.54, 1.807) is 0 Å². The largest absolute Gasteiger partial charge is 0.465 e. The second-order valence-corrected chi connectivity index (χ2v) is 6.31. The standard InChI is InChI=1S/C10H19NO4S/c1-2-3-6-15-10(12)9-11-4-7-16(13,14)8-5-11/h2-9H2,1H3. The van der Waals surface area contributed by atoms with Gasteiger partial charge in [-0.25, -0.2) is 8.42 Å². The molecular formula is C10H19NO4S. The molecule has 1 aliphatic rings. The summed E-state index contributed by atoms with van der Waals surface area (Å²) in [6.45, 7) is 3.57. The van der Waals surface area contributed by atoms with Crippen LogP contribution in [0, 0.1) is 0 Å². The number of esters is 1. The van der Waals surface area contributed by atoms with Gasteiger partial charge >= 0.3 is 5.97 Å². The van der Waals surface area contributed by atoms with Crippen LogP contribution in [0.4, 0.5) is 0 Å². The monoisotopic (exact) mass is 249 g/mol. The van der Waals surface area contributed by atoms with Gasteiger partial charge in [-0.3, -0.25) is 9.69 Å². The first-order valence-electron chi connectivity index (χ1n) is 5.62. The van der Waals surface area contributed by atoms with Gasteiger partial charge in [0, 0.05) is 13.1 Å². The van der Waals surface area contributed by atoms with Gasteiger partial charge in [-0.1, -0.05) is 13.3 Å². The van der Waals surface area contributed by atoms with Gasteiger partial charge in [0.15, 0.2) is 9.84 Å². The minimum Gasteiger partial charge on any atom is -0.465 e. The highest BCUT2D eigenvalue weighted by Crippen LogP contribution is 2.03. The molecule has 0 spiro atoms. The zero-order valence-corrected chi connectivity index (χ0v) is 10.5. The first kappa shape index (κ1) is 13.4. The molecule has 0 aromatic carbocycles. The summed E-state index contributed by atoms with van der Waals surface area (Å²) < 4.78 is 27.3. The second kappa shape index (κ2) is 6.20. The molecule has 0 unspecified atom stereocenters. The molecule has 0 amide bonds. The van der Waals surface area contributed by atoms with Gasteiger partial charge in [0.2, 0.25) is 0 Å². The van der Waals surface area contributed by atoms with E-state index in [0.717, 1.165) is 12.8 Å². The summed E-state index contributed by atoms with van der Waals surface area (Å²) in [7, 11) is -2.87. The molecule has 1 heterocycles. The zero-order chi connectivity index (χ0) is 12.0. The third kappa shape index (κ3) is 4.94. The van der Waals surface area contributed by atoms with E-state index in [2.05, 4.69) is 0 Å². The number of nitrogens with zero attached hydrogens (tertiary/aromatic N) is 1. The number of ether oxygens (including phenoxy) is 1. The number of carbonyl (C=O) groups is 1. The molecule has 0 atom stereocenters. The van der Waals surface area contributed by atoms with Gasteiger partial charge in [0.1, 0.15) is 0 Å². The van der Waals surface area contributed by atoms with E-state index in [9.17, 15) is 13.2 Å². The van der Waals surface area contributed by atoms with Crippen molar-refractivity contribution in [2.75, 3.05) is 37.7 Å². The fourth-order valence-electron chi connectivity index (χ4n) is 1.47. The van der Waals surface area contributed by atoms with Crippen molar-refractivity contribution in [2.45, 2.75) is 19.8 Å². The van der Waals surface area contributed by atoms with Crippen molar-refractivity contribution in [3.05, 3.63) is 0 Å². The fourth-order valence-corrected chi connectivity index (χ4v) is 2.74. The van der Waals surface area contributed by atoms with Crippen LogP contribution in [-0.2, 0) is 19.4 Å². The van der Waals surface area contributed by atoms with Gasteiger partial charge in [0.25, 0.3) is 0 Å². The first-order chi connectivity index (χ1) is 7.53. The average Bonchev–Trinajstić information content (AvgIpc) is 2.22. The maximum atomic E-state index is 11.3. The molecule has 5 nitrogen and oxygen atoms in total. The van der Waals surface area contributed by atoms with Crippen molar-refractivity contribution >= 4 is 15.8 Å². The molecule has 0 radical (unpaired) electrons. The number of unbranched alkanes of at least 4 members (excludes halogenated alkanes) is 1. The van der Waals surface area contributed by atoms with Gasteiger partial charge in [-0.05, 0) is 6.42 Å². The highest BCUT2D eigenvalue weighted by atomic mass is 32.2. The molecule has 0 bridgehead atoms. The maximum absolute atomic E-state index is 11.3. The lowest BCUT2D eigenvalue weighted by Crippen LogP contribution is -2.43. The molecule has 1 fully saturated rings. The Morgan fingerprint density at radius 3 is 2.50 bits per heavy atom. The van der Waals surface area contributed by atoms with E-state index in [1.165, 1.54) is 0 Å². The van der Waals surface area contributed by atoms with Gasteiger partial charge < -0.3 is 4.74 Å². The average molecular weight is 249 g/mol. The predicted octanol–water partition coefficient (Wildman–Crippen LogP) is 0.0601. The van der Waals surface area contributed by atoms with Crippen LogP contribution < -0.4 is 0 Å². The normalized spacial score (nSPS) is 20.6. The van der Waals surface area contributed by atoms with E-state index in [1.807, 2.05) is 11.8 Å². The molecule has 16 heavy (non-hydrogen) atoms. The third-order valence-electron chi connectivity index (χ3n) is 2.55. The van der Waals surface area contributed by atoms with Crippen molar-refractivity contribution in [2.24, 2.45) is 0 Å². The van der Waals surface area contributed by atoms with Crippen LogP contribution in [0.1, 0.15) is 19.8 Å². The lowest BCUT2D eigenvalue weighted by atomic mass is 10.4. The van der Waals surface area contributed by atoms with Crippen LogP contribution in [0.2, 0.25) is 0 Å². The lowest BCUT2D eigenvalue weighted by Gasteiger charge is -2.25. The van der Waals surface area contributed by atoms with Crippen LogP contribution in [0.25, 0.3) is 0 Å². The quantitative estimate of drug-likeness (QED) is 0.509. The van der Waals surface area contributed by atoms with Crippen LogP contribution in [-0.4, -0.2) is 57.0 Å². The molecule has 1 aliphatic heterocycles. The van der Waals surface area contributed by atoms with E-state index in [0.29, 0.717) is 19.7 Å². The number of hydrogen-bond acceptors (Lipinski definition) is 5. The number of hydrogen-bond donors (Lipinski definition) is 0. The molecule has 1 rings (SSSR count). The van der Waals surface area contributed by atoms with E-state index in [-0.39, 0.29) is 24.0 Å². The van der Waals surface area contributed by atoms with E-state index < -0.39 is 9.84 Å². The van der Waals surface area contributed by atoms with Crippen LogP contribution in [0.15, 0.2) is 0 Å². The van der Waals surface area contributed by atoms with Gasteiger partial charge in [-0.2, -0.15) is 0 Å². The van der Waals surface area contributed by atoms with Crippen LogP contribution >= 0.6 is 0 Å². The van der Waals surface area contributed by atoms with Crippen molar-refractivity contribution in [3.8, 4) is 0 Å². The number of carbonyl (C=O) groups excluding carboxylic acids is 1. The van der Waals surface area contributed by atoms with Crippen molar-refractivity contribution in [1.29, 1.82) is 0 Å². The molecule has 0 aromatic rings. The van der Waals surface area contributed by atoms with Crippen molar-refractivity contribution in [3.63, 3.8) is 0 Å². The molecule has 6 heteroatoms. The minimum atomic E-state index is -2.87. The summed E-state index contributed by atoms with van der Waals surface area (Å²) in [5.41, 5.74) is 0. The lowest BCUT2D eigenvalue weighted by molar-refractivity contribution is -0.145. The Labute approximate surface area is 96.7 Å². The highest BCUT2D eigenvalue weighted by Gasteiger charge is 2.23. The van der Waals surface area contributed by atoms with E-state index >= 15 is 0 Å². The molecular weight excluding hydrogens is 230 g/mol. The summed E-state index contributed by atoms with van der Waals surface area (Å²) >= 11 is 0. The molecule has 1 saturated heterocycles. The van der Waals surface area contributed by atoms with E-state index in [4.69, 9.17) is 4.74 Å². The molecule has 94 valence electrons. The minimum absolute atomic E-state index is 0.148. The zero-order valence-electron chi connectivity index (χ0n) is 9.65. The van der Waals surface area contributed by atoms with Gasteiger partial charge in [-0.15, -0.1) is 0 Å². The highest BCUT2D eigenvalue weighted by molar-refractivity contribution is 7.91. The Morgan fingerprint density at radius 2 is 1.94 bits per heavy atom. The molecule has 0 aliphatic carbocycles. The SMILES string of the molecule is CCCCOC(=O)CN1CCS(=O)(=O)CC1. The summed E-state index contributed by atoms with van der Waals surface area (Å²) in [5.74, 6) is 0.0394. The summed E-state index contributed by atoms with van der Waals surface area (Å²) in [6, 6.07) is 0. The summed E-state index contributed by atoms with van der Waals surface area (Å²) in [6.07, 6.45) is 1.87. The predicted molar refractivity (Wildman–Crippen MR) is 61.0 cm³/mol. The number of sulfone groups is 1. The maximum Gasteiger partial charge on any atom is 0.320 e. The fraction of sp³-hybridized carbons (Fsp3) is 0.900. The van der Waals surface area contributed by atoms with Crippen LogP contribution in [0.5, 0.6) is 0 Å². The van der Waals surface area contributed by atoms with Crippen molar-refractivity contribution in [1.82, 2.24) is 4.90 Å².